The summed E-state index contributed by atoms with van der Waals surface area (Å²) in [6.07, 6.45) is -1.17. The first-order chi connectivity index (χ1) is 16.6. The minimum Gasteiger partial charge on any atom is -0.467 e. The summed E-state index contributed by atoms with van der Waals surface area (Å²) >= 11 is 0. The van der Waals surface area contributed by atoms with Crippen molar-refractivity contribution in [1.82, 2.24) is 4.90 Å². The lowest BCUT2D eigenvalue weighted by Crippen LogP contribution is -2.53. The summed E-state index contributed by atoms with van der Waals surface area (Å²) < 4.78 is 16.5. The number of ether oxygens (including phenoxy) is 3. The summed E-state index contributed by atoms with van der Waals surface area (Å²) in [4.78, 5) is 28.1. The molecule has 3 aromatic carbocycles. The number of hydrogen-bond acceptors (Lipinski definition) is 6. The first-order valence-electron chi connectivity index (χ1n) is 11.3. The zero-order valence-electron chi connectivity index (χ0n) is 19.6. The predicted octanol–water partition coefficient (Wildman–Crippen LogP) is 4.38. The second-order valence-electron chi connectivity index (χ2n) is 7.81. The molecule has 3 rings (SSSR count). The number of benzene rings is 3. The maximum Gasteiger partial charge on any atom is 0.337 e. The van der Waals surface area contributed by atoms with Gasteiger partial charge in [-0.3, -0.25) is 9.69 Å². The normalized spacial score (nSPS) is 12.7. The van der Waals surface area contributed by atoms with Crippen molar-refractivity contribution in [2.45, 2.75) is 38.8 Å². The molecule has 0 radical (unpaired) electrons. The van der Waals surface area contributed by atoms with E-state index in [9.17, 15) is 9.59 Å². The quantitative estimate of drug-likeness (QED) is 0.373. The molecule has 0 saturated heterocycles. The zero-order valence-corrected chi connectivity index (χ0v) is 19.6. The highest BCUT2D eigenvalue weighted by Crippen LogP contribution is 2.21. The van der Waals surface area contributed by atoms with Crippen LogP contribution in [0.2, 0.25) is 0 Å². The summed E-state index contributed by atoms with van der Waals surface area (Å²) in [5, 5.41) is 0. The second kappa shape index (κ2) is 13.3. The number of methoxy groups -OCH3 is 1. The summed E-state index contributed by atoms with van der Waals surface area (Å²) in [6, 6.07) is 28.1. The van der Waals surface area contributed by atoms with Gasteiger partial charge >= 0.3 is 11.9 Å². The van der Waals surface area contributed by atoms with Gasteiger partial charge in [-0.2, -0.15) is 0 Å². The van der Waals surface area contributed by atoms with Crippen LogP contribution in [-0.2, 0) is 43.5 Å². The standard InChI is InChI=1S/C28H31NO5/c1-3-33-27(30)25(26(28(31)32-2)34-21-24-17-11-6-12-18-24)29(19-22-13-7-4-8-14-22)20-23-15-9-5-10-16-23/h4-18,25-26H,3,19-21H2,1-2H3. The number of carbonyl (C=O) groups excluding carboxylic acids is 2. The van der Waals surface area contributed by atoms with E-state index >= 15 is 0 Å². The van der Waals surface area contributed by atoms with Crippen molar-refractivity contribution < 1.29 is 23.8 Å². The fourth-order valence-electron chi connectivity index (χ4n) is 3.74. The third-order valence-electron chi connectivity index (χ3n) is 5.37. The van der Waals surface area contributed by atoms with Gasteiger partial charge in [0.15, 0.2) is 6.10 Å². The van der Waals surface area contributed by atoms with Crippen LogP contribution in [0.3, 0.4) is 0 Å². The van der Waals surface area contributed by atoms with Gasteiger partial charge < -0.3 is 14.2 Å². The van der Waals surface area contributed by atoms with Crippen molar-refractivity contribution in [2.24, 2.45) is 0 Å². The zero-order chi connectivity index (χ0) is 24.2. The number of esters is 2. The van der Waals surface area contributed by atoms with E-state index in [2.05, 4.69) is 0 Å². The van der Waals surface area contributed by atoms with Gasteiger partial charge in [0.25, 0.3) is 0 Å². The van der Waals surface area contributed by atoms with Crippen LogP contribution in [0.15, 0.2) is 91.0 Å². The fraction of sp³-hybridized carbons (Fsp3) is 0.286. The molecule has 0 spiro atoms. The third kappa shape index (κ3) is 7.27. The summed E-state index contributed by atoms with van der Waals surface area (Å²) in [5.74, 6) is -1.15. The van der Waals surface area contributed by atoms with E-state index in [0.29, 0.717) is 13.1 Å². The number of nitrogens with zero attached hydrogens (tertiary/aromatic N) is 1. The molecule has 0 amide bonds. The molecular formula is C28H31NO5. The largest absolute Gasteiger partial charge is 0.467 e. The highest BCUT2D eigenvalue weighted by atomic mass is 16.6. The molecule has 0 aliphatic heterocycles. The van der Waals surface area contributed by atoms with Crippen molar-refractivity contribution in [3.8, 4) is 0 Å². The van der Waals surface area contributed by atoms with Crippen LogP contribution in [0, 0.1) is 0 Å². The lowest BCUT2D eigenvalue weighted by molar-refractivity contribution is -0.173. The Morgan fingerprint density at radius 3 is 1.65 bits per heavy atom. The number of rotatable bonds is 12. The Morgan fingerprint density at radius 2 is 1.21 bits per heavy atom. The summed E-state index contributed by atoms with van der Waals surface area (Å²) in [5.41, 5.74) is 2.88. The molecule has 0 bridgehead atoms. The Labute approximate surface area is 201 Å². The van der Waals surface area contributed by atoms with Crippen LogP contribution in [0.1, 0.15) is 23.6 Å². The number of hydrogen-bond donors (Lipinski definition) is 0. The number of carbonyl (C=O) groups is 2. The van der Waals surface area contributed by atoms with Crippen molar-refractivity contribution in [2.75, 3.05) is 13.7 Å². The molecule has 178 valence electrons. The minimum atomic E-state index is -1.17. The van der Waals surface area contributed by atoms with Crippen molar-refractivity contribution >= 4 is 11.9 Å². The molecule has 6 nitrogen and oxygen atoms in total. The highest BCUT2D eigenvalue weighted by Gasteiger charge is 2.41. The van der Waals surface area contributed by atoms with E-state index < -0.39 is 24.1 Å². The molecular weight excluding hydrogens is 430 g/mol. The molecule has 3 aromatic rings. The predicted molar refractivity (Wildman–Crippen MR) is 130 cm³/mol. The van der Waals surface area contributed by atoms with Gasteiger partial charge in [0.05, 0.1) is 20.3 Å². The monoisotopic (exact) mass is 461 g/mol. The lowest BCUT2D eigenvalue weighted by Gasteiger charge is -2.34. The van der Waals surface area contributed by atoms with E-state index in [-0.39, 0.29) is 13.2 Å². The Balaban J connectivity index is 1.97. The Hall–Kier alpha value is -3.48. The third-order valence-corrected chi connectivity index (χ3v) is 5.37. The Kier molecular flexibility index (Phi) is 9.82. The molecule has 0 aromatic heterocycles. The molecule has 0 aliphatic rings. The van der Waals surface area contributed by atoms with Crippen LogP contribution >= 0.6 is 0 Å². The average Bonchev–Trinajstić information content (AvgIpc) is 2.87. The first-order valence-corrected chi connectivity index (χ1v) is 11.3. The van der Waals surface area contributed by atoms with E-state index in [1.807, 2.05) is 95.9 Å². The van der Waals surface area contributed by atoms with Crippen LogP contribution in [-0.4, -0.2) is 42.7 Å². The molecule has 2 atom stereocenters. The van der Waals surface area contributed by atoms with Crippen molar-refractivity contribution in [1.29, 1.82) is 0 Å². The Bertz CT molecular complexity index is 969. The van der Waals surface area contributed by atoms with Crippen molar-refractivity contribution in [3.05, 3.63) is 108 Å². The topological polar surface area (TPSA) is 65.1 Å². The maximum atomic E-state index is 13.3. The lowest BCUT2D eigenvalue weighted by atomic mass is 10.1. The SMILES string of the molecule is CCOC(=O)C(C(OCc1ccccc1)C(=O)OC)N(Cc1ccccc1)Cc1ccccc1. The van der Waals surface area contributed by atoms with Crippen LogP contribution < -0.4 is 0 Å². The smallest absolute Gasteiger partial charge is 0.337 e. The van der Waals surface area contributed by atoms with Gasteiger partial charge in [-0.05, 0) is 23.6 Å². The van der Waals surface area contributed by atoms with Gasteiger partial charge in [0.2, 0.25) is 0 Å². The van der Waals surface area contributed by atoms with Gasteiger partial charge in [0, 0.05) is 13.1 Å². The second-order valence-corrected chi connectivity index (χ2v) is 7.81. The molecule has 0 saturated carbocycles. The first kappa shape index (κ1) is 25.1. The van der Waals surface area contributed by atoms with Crippen LogP contribution in [0.5, 0.6) is 0 Å². The van der Waals surface area contributed by atoms with Crippen LogP contribution in [0.25, 0.3) is 0 Å². The summed E-state index contributed by atoms with van der Waals surface area (Å²) in [6.45, 7) is 2.92. The fourth-order valence-corrected chi connectivity index (χ4v) is 3.74. The van der Waals surface area contributed by atoms with Gasteiger partial charge in [-0.1, -0.05) is 91.0 Å². The van der Waals surface area contributed by atoms with Gasteiger partial charge in [-0.25, -0.2) is 4.79 Å². The van der Waals surface area contributed by atoms with Gasteiger partial charge in [0.1, 0.15) is 6.04 Å². The van der Waals surface area contributed by atoms with E-state index in [0.717, 1.165) is 16.7 Å². The Morgan fingerprint density at radius 1 is 0.735 bits per heavy atom. The van der Waals surface area contributed by atoms with Crippen LogP contribution in [0.4, 0.5) is 0 Å². The van der Waals surface area contributed by atoms with E-state index in [1.165, 1.54) is 7.11 Å². The molecule has 6 heteroatoms. The molecule has 0 fully saturated rings. The molecule has 34 heavy (non-hydrogen) atoms. The maximum absolute atomic E-state index is 13.3. The van der Waals surface area contributed by atoms with Gasteiger partial charge in [-0.15, -0.1) is 0 Å². The molecule has 0 heterocycles. The molecule has 0 N–H and O–H groups in total. The molecule has 0 aliphatic carbocycles. The minimum absolute atomic E-state index is 0.154. The van der Waals surface area contributed by atoms with E-state index in [4.69, 9.17) is 14.2 Å². The van der Waals surface area contributed by atoms with Crippen molar-refractivity contribution in [3.63, 3.8) is 0 Å². The molecule has 2 unspecified atom stereocenters. The average molecular weight is 462 g/mol. The highest BCUT2D eigenvalue weighted by molar-refractivity contribution is 5.86. The summed E-state index contributed by atoms with van der Waals surface area (Å²) in [7, 11) is 1.29. The van der Waals surface area contributed by atoms with E-state index in [1.54, 1.807) is 6.92 Å².